The molecule has 1 amide bonds. The minimum atomic E-state index is -0.671. The summed E-state index contributed by atoms with van der Waals surface area (Å²) in [5, 5.41) is 23.2. The Morgan fingerprint density at radius 1 is 0.418 bits per heavy atom. The summed E-state index contributed by atoms with van der Waals surface area (Å²) in [4.78, 5) is 24.5. The largest absolute Gasteiger partial charge is 0.466 e. The number of carbonyl (C=O) groups is 2. The van der Waals surface area contributed by atoms with Crippen LogP contribution in [-0.4, -0.2) is 47.4 Å². The molecule has 0 rings (SSSR count). The molecular formula is C61H115NO5. The predicted molar refractivity (Wildman–Crippen MR) is 292 cm³/mol. The lowest BCUT2D eigenvalue weighted by molar-refractivity contribution is -0.143. The summed E-state index contributed by atoms with van der Waals surface area (Å²) in [5.41, 5.74) is 0. The Morgan fingerprint density at radius 3 is 1.15 bits per heavy atom. The fraction of sp³-hybridized carbons (Fsp3) is 0.869. The number of rotatable bonds is 55. The molecule has 0 aromatic rings. The monoisotopic (exact) mass is 942 g/mol. The molecule has 6 nitrogen and oxygen atoms in total. The average Bonchev–Trinajstić information content (AvgIpc) is 3.33. The first kappa shape index (κ1) is 65.1. The highest BCUT2D eigenvalue weighted by Gasteiger charge is 2.20. The lowest BCUT2D eigenvalue weighted by Gasteiger charge is -2.22. The van der Waals surface area contributed by atoms with Crippen LogP contribution < -0.4 is 5.32 Å². The Balaban J connectivity index is 3.47. The van der Waals surface area contributed by atoms with Crippen LogP contribution in [0, 0.1) is 0 Å². The van der Waals surface area contributed by atoms with E-state index in [0.717, 1.165) is 70.6 Å². The molecule has 0 aliphatic rings. The van der Waals surface area contributed by atoms with Crippen LogP contribution >= 0.6 is 0 Å². The van der Waals surface area contributed by atoms with E-state index in [9.17, 15) is 19.8 Å². The Morgan fingerprint density at radius 2 is 0.746 bits per heavy atom. The summed E-state index contributed by atoms with van der Waals surface area (Å²) in [6, 6.07) is -0.549. The average molecular weight is 943 g/mol. The lowest BCUT2D eigenvalue weighted by Crippen LogP contribution is -2.45. The minimum absolute atomic E-state index is 0.0167. The van der Waals surface area contributed by atoms with Crippen LogP contribution in [0.4, 0.5) is 0 Å². The summed E-state index contributed by atoms with van der Waals surface area (Å²) >= 11 is 0. The van der Waals surface area contributed by atoms with Gasteiger partial charge in [0.25, 0.3) is 0 Å². The zero-order chi connectivity index (χ0) is 48.6. The topological polar surface area (TPSA) is 95.9 Å². The third-order valence-electron chi connectivity index (χ3n) is 13.7. The maximum atomic E-state index is 12.5. The predicted octanol–water partition coefficient (Wildman–Crippen LogP) is 18.4. The Labute approximate surface area is 417 Å². The second kappa shape index (κ2) is 56.7. The second-order valence-corrected chi connectivity index (χ2v) is 20.4. The zero-order valence-corrected chi connectivity index (χ0v) is 44.9. The lowest BCUT2D eigenvalue weighted by atomic mass is 10.0. The Kier molecular flexibility index (Phi) is 55.0. The first-order valence-corrected chi connectivity index (χ1v) is 29.8. The standard InChI is InChI=1S/C61H115NO5/c1-3-5-7-9-11-13-15-17-19-23-27-31-35-39-43-47-51-55-61(66)67-56-52-48-44-40-36-32-28-25-22-20-21-24-26-30-34-38-42-46-50-54-60(65)62-58(57-63)59(64)53-49-45-41-37-33-29-18-16-14-12-10-8-6-4-2/h17,19,25,28,32,36,58-59,63-64H,3-16,18,20-24,26-27,29-31,33-35,37-57H2,1-2H3,(H,62,65)/b19-17-,28-25-,36-32-. The van der Waals surface area contributed by atoms with Gasteiger partial charge in [-0.2, -0.15) is 0 Å². The molecule has 67 heavy (non-hydrogen) atoms. The van der Waals surface area contributed by atoms with Gasteiger partial charge in [-0.3, -0.25) is 9.59 Å². The zero-order valence-electron chi connectivity index (χ0n) is 44.9. The van der Waals surface area contributed by atoms with E-state index in [2.05, 4.69) is 55.6 Å². The Hall–Kier alpha value is -1.92. The molecule has 0 aliphatic carbocycles. The number of hydrogen-bond acceptors (Lipinski definition) is 5. The van der Waals surface area contributed by atoms with E-state index in [1.54, 1.807) is 0 Å². The van der Waals surface area contributed by atoms with Gasteiger partial charge in [0.15, 0.2) is 0 Å². The van der Waals surface area contributed by atoms with Gasteiger partial charge in [-0.1, -0.05) is 256 Å². The number of esters is 1. The fourth-order valence-electron chi connectivity index (χ4n) is 9.10. The van der Waals surface area contributed by atoms with Gasteiger partial charge in [0.2, 0.25) is 5.91 Å². The molecule has 0 aromatic carbocycles. The van der Waals surface area contributed by atoms with Crippen LogP contribution in [0.5, 0.6) is 0 Å². The number of unbranched alkanes of at least 4 members (excludes halogenated alkanes) is 39. The molecule has 6 heteroatoms. The molecule has 0 spiro atoms. The van der Waals surface area contributed by atoms with Crippen LogP contribution in [0.15, 0.2) is 36.5 Å². The highest BCUT2D eigenvalue weighted by atomic mass is 16.5. The third kappa shape index (κ3) is 53.3. The molecule has 0 fully saturated rings. The minimum Gasteiger partial charge on any atom is -0.466 e. The van der Waals surface area contributed by atoms with Crippen molar-refractivity contribution in [2.45, 2.75) is 328 Å². The van der Waals surface area contributed by atoms with Crippen molar-refractivity contribution in [2.24, 2.45) is 0 Å². The number of ether oxygens (including phenoxy) is 1. The van der Waals surface area contributed by atoms with Gasteiger partial charge in [0.1, 0.15) is 0 Å². The molecule has 0 heterocycles. The normalized spacial score (nSPS) is 12.8. The highest BCUT2D eigenvalue weighted by molar-refractivity contribution is 5.76. The van der Waals surface area contributed by atoms with E-state index >= 15 is 0 Å². The maximum Gasteiger partial charge on any atom is 0.305 e. The van der Waals surface area contributed by atoms with Crippen LogP contribution in [0.25, 0.3) is 0 Å². The second-order valence-electron chi connectivity index (χ2n) is 20.4. The van der Waals surface area contributed by atoms with E-state index in [0.29, 0.717) is 25.9 Å². The summed E-state index contributed by atoms with van der Waals surface area (Å²) in [6.45, 7) is 4.91. The van der Waals surface area contributed by atoms with Crippen molar-refractivity contribution >= 4 is 11.9 Å². The van der Waals surface area contributed by atoms with Crippen molar-refractivity contribution in [1.82, 2.24) is 5.32 Å². The van der Waals surface area contributed by atoms with E-state index in [1.165, 1.54) is 212 Å². The maximum absolute atomic E-state index is 12.5. The number of aliphatic hydroxyl groups is 2. The van der Waals surface area contributed by atoms with Crippen molar-refractivity contribution in [3.63, 3.8) is 0 Å². The van der Waals surface area contributed by atoms with Gasteiger partial charge < -0.3 is 20.3 Å². The molecule has 2 unspecified atom stereocenters. The van der Waals surface area contributed by atoms with Gasteiger partial charge in [0, 0.05) is 12.8 Å². The molecule has 2 atom stereocenters. The summed E-state index contributed by atoms with van der Waals surface area (Å²) < 4.78 is 5.46. The van der Waals surface area contributed by atoms with Crippen molar-refractivity contribution in [3.05, 3.63) is 36.5 Å². The molecule has 0 saturated carbocycles. The van der Waals surface area contributed by atoms with Crippen LogP contribution in [-0.2, 0) is 14.3 Å². The Bertz CT molecular complexity index is 1090. The fourth-order valence-corrected chi connectivity index (χ4v) is 9.10. The smallest absolute Gasteiger partial charge is 0.305 e. The highest BCUT2D eigenvalue weighted by Crippen LogP contribution is 2.17. The summed E-state index contributed by atoms with van der Waals surface area (Å²) in [7, 11) is 0. The number of allylic oxidation sites excluding steroid dienone is 6. The molecule has 394 valence electrons. The third-order valence-corrected chi connectivity index (χ3v) is 13.7. The van der Waals surface area contributed by atoms with Crippen LogP contribution in [0.2, 0.25) is 0 Å². The summed E-state index contributed by atoms with van der Waals surface area (Å²) in [6.07, 6.45) is 70.0. The number of hydrogen-bond donors (Lipinski definition) is 3. The van der Waals surface area contributed by atoms with Gasteiger partial charge in [0.05, 0.1) is 25.4 Å². The van der Waals surface area contributed by atoms with E-state index < -0.39 is 12.1 Å². The number of nitrogens with one attached hydrogen (secondary N) is 1. The first-order valence-electron chi connectivity index (χ1n) is 29.8. The molecule has 0 radical (unpaired) electrons. The van der Waals surface area contributed by atoms with Crippen LogP contribution in [0.3, 0.4) is 0 Å². The van der Waals surface area contributed by atoms with Crippen LogP contribution in [0.1, 0.15) is 316 Å². The van der Waals surface area contributed by atoms with Crippen molar-refractivity contribution in [2.75, 3.05) is 13.2 Å². The first-order chi connectivity index (χ1) is 33.0. The van der Waals surface area contributed by atoms with E-state index in [4.69, 9.17) is 4.74 Å². The molecular weight excluding hydrogens is 827 g/mol. The van der Waals surface area contributed by atoms with Gasteiger partial charge in [-0.25, -0.2) is 0 Å². The molecule has 0 saturated heterocycles. The SMILES string of the molecule is CCCCCCCC/C=C\CCCCCCCCCC(=O)OCCCCC/C=C\C=C/CCCCCCCCCCCCC(=O)NC(CO)C(O)CCCCCCCCCCCCCCCC. The molecule has 0 bridgehead atoms. The van der Waals surface area contributed by atoms with Gasteiger partial charge >= 0.3 is 5.97 Å². The van der Waals surface area contributed by atoms with E-state index in [1.807, 2.05) is 0 Å². The van der Waals surface area contributed by atoms with E-state index in [-0.39, 0.29) is 18.5 Å². The molecule has 0 aliphatic heterocycles. The van der Waals surface area contributed by atoms with Gasteiger partial charge in [-0.15, -0.1) is 0 Å². The molecule has 3 N–H and O–H groups in total. The number of aliphatic hydroxyl groups excluding tert-OH is 2. The van der Waals surface area contributed by atoms with Crippen molar-refractivity contribution < 1.29 is 24.5 Å². The van der Waals surface area contributed by atoms with Gasteiger partial charge in [-0.05, 0) is 83.5 Å². The van der Waals surface area contributed by atoms with Crippen molar-refractivity contribution in [3.8, 4) is 0 Å². The quantitative estimate of drug-likeness (QED) is 0.0244. The molecule has 0 aromatic heterocycles. The number of amides is 1. The summed E-state index contributed by atoms with van der Waals surface area (Å²) in [5.74, 6) is -0.0610. The van der Waals surface area contributed by atoms with Crippen molar-refractivity contribution in [1.29, 1.82) is 0 Å². The number of carbonyl (C=O) groups excluding carboxylic acids is 2.